The number of aryl methyl sites for hydroxylation is 1. The summed E-state index contributed by atoms with van der Waals surface area (Å²) in [5.41, 5.74) is 1.91. The molecule has 0 unspecified atom stereocenters. The molecule has 4 heteroatoms. The second-order valence-electron chi connectivity index (χ2n) is 3.81. The number of hydrogen-bond acceptors (Lipinski definition) is 4. The second-order valence-corrected chi connectivity index (χ2v) is 3.81. The maximum atomic E-state index is 9.39. The highest BCUT2D eigenvalue weighted by Gasteiger charge is 2.10. The molecular weight excluding hydrogens is 214 g/mol. The Balaban J connectivity index is 2.16. The Morgan fingerprint density at radius 1 is 1.24 bits per heavy atom. The van der Waals surface area contributed by atoms with Gasteiger partial charge in [-0.05, 0) is 18.6 Å². The lowest BCUT2D eigenvalue weighted by atomic mass is 10.1. The number of nitrogens with zero attached hydrogens (tertiary/aromatic N) is 2. The van der Waals surface area contributed by atoms with Gasteiger partial charge in [-0.2, -0.15) is 0 Å². The Labute approximate surface area is 100 Å². The van der Waals surface area contributed by atoms with Gasteiger partial charge in [0.1, 0.15) is 0 Å². The van der Waals surface area contributed by atoms with E-state index in [0.717, 1.165) is 11.3 Å². The molecule has 0 aliphatic heterocycles. The Bertz CT molecular complexity index is 473. The van der Waals surface area contributed by atoms with Gasteiger partial charge in [0.25, 0.3) is 0 Å². The summed E-state index contributed by atoms with van der Waals surface area (Å²) in [5.74, 6) is 0.535. The minimum Gasteiger partial charge on any atom is -0.394 e. The first-order valence-electron chi connectivity index (χ1n) is 5.51. The largest absolute Gasteiger partial charge is 0.394 e. The number of hydrogen-bond donors (Lipinski definition) is 2. The number of nitrogens with one attached hydrogen (secondary N) is 1. The van der Waals surface area contributed by atoms with Crippen molar-refractivity contribution in [2.45, 2.75) is 13.0 Å². The number of anilines is 1. The third-order valence-corrected chi connectivity index (χ3v) is 2.48. The Kier molecular flexibility index (Phi) is 3.67. The van der Waals surface area contributed by atoms with Crippen LogP contribution in [0.1, 0.15) is 17.3 Å². The Hall–Kier alpha value is -1.94. The van der Waals surface area contributed by atoms with Crippen molar-refractivity contribution in [1.82, 2.24) is 9.97 Å². The number of aliphatic hydroxyl groups is 1. The SMILES string of the molecule is Cc1ccnc(N[C@@H](CO)c2ccccc2)n1. The van der Waals surface area contributed by atoms with E-state index in [9.17, 15) is 5.11 Å². The van der Waals surface area contributed by atoms with Gasteiger partial charge in [0.2, 0.25) is 5.95 Å². The topological polar surface area (TPSA) is 58.0 Å². The molecule has 0 saturated heterocycles. The van der Waals surface area contributed by atoms with E-state index in [1.54, 1.807) is 6.20 Å². The van der Waals surface area contributed by atoms with E-state index in [4.69, 9.17) is 0 Å². The van der Waals surface area contributed by atoms with E-state index < -0.39 is 0 Å². The lowest BCUT2D eigenvalue weighted by Crippen LogP contribution is -2.16. The van der Waals surface area contributed by atoms with Crippen molar-refractivity contribution < 1.29 is 5.11 Å². The quantitative estimate of drug-likeness (QED) is 0.841. The summed E-state index contributed by atoms with van der Waals surface area (Å²) in [7, 11) is 0. The number of aliphatic hydroxyl groups excluding tert-OH is 1. The van der Waals surface area contributed by atoms with Crippen LogP contribution in [0, 0.1) is 6.92 Å². The van der Waals surface area contributed by atoms with Gasteiger partial charge in [0.05, 0.1) is 12.6 Å². The van der Waals surface area contributed by atoms with Crippen molar-refractivity contribution in [1.29, 1.82) is 0 Å². The summed E-state index contributed by atoms with van der Waals surface area (Å²) in [5, 5.41) is 12.5. The predicted molar refractivity (Wildman–Crippen MR) is 66.7 cm³/mol. The van der Waals surface area contributed by atoms with Gasteiger partial charge in [-0.3, -0.25) is 0 Å². The highest BCUT2D eigenvalue weighted by Crippen LogP contribution is 2.16. The molecule has 0 bridgehead atoms. The van der Waals surface area contributed by atoms with Crippen LogP contribution in [-0.2, 0) is 0 Å². The molecule has 0 fully saturated rings. The molecule has 0 amide bonds. The van der Waals surface area contributed by atoms with E-state index in [1.165, 1.54) is 0 Å². The zero-order valence-electron chi connectivity index (χ0n) is 9.67. The monoisotopic (exact) mass is 229 g/mol. The Morgan fingerprint density at radius 2 is 2.00 bits per heavy atom. The zero-order chi connectivity index (χ0) is 12.1. The molecule has 2 N–H and O–H groups in total. The normalized spacial score (nSPS) is 12.1. The molecule has 0 radical (unpaired) electrons. The highest BCUT2D eigenvalue weighted by molar-refractivity contribution is 5.32. The van der Waals surface area contributed by atoms with E-state index in [-0.39, 0.29) is 12.6 Å². The molecule has 2 aromatic rings. The summed E-state index contributed by atoms with van der Waals surface area (Å²) in [4.78, 5) is 8.37. The van der Waals surface area contributed by atoms with Gasteiger partial charge >= 0.3 is 0 Å². The summed E-state index contributed by atoms with van der Waals surface area (Å²) >= 11 is 0. The van der Waals surface area contributed by atoms with Crippen molar-refractivity contribution in [3.8, 4) is 0 Å². The van der Waals surface area contributed by atoms with Gasteiger partial charge < -0.3 is 10.4 Å². The van der Waals surface area contributed by atoms with E-state index >= 15 is 0 Å². The molecule has 0 aliphatic rings. The second kappa shape index (κ2) is 5.41. The maximum Gasteiger partial charge on any atom is 0.223 e. The maximum absolute atomic E-state index is 9.39. The van der Waals surface area contributed by atoms with Crippen LogP contribution in [0.5, 0.6) is 0 Å². The van der Waals surface area contributed by atoms with Crippen LogP contribution in [0.25, 0.3) is 0 Å². The molecule has 0 aliphatic carbocycles. The third kappa shape index (κ3) is 3.01. The number of rotatable bonds is 4. The van der Waals surface area contributed by atoms with Crippen LogP contribution in [-0.4, -0.2) is 21.7 Å². The first kappa shape index (κ1) is 11.5. The average molecular weight is 229 g/mol. The van der Waals surface area contributed by atoms with Gasteiger partial charge in [-0.15, -0.1) is 0 Å². The fourth-order valence-corrected chi connectivity index (χ4v) is 1.59. The van der Waals surface area contributed by atoms with Gasteiger partial charge in [-0.25, -0.2) is 9.97 Å². The van der Waals surface area contributed by atoms with Crippen molar-refractivity contribution in [3.63, 3.8) is 0 Å². The number of benzene rings is 1. The van der Waals surface area contributed by atoms with Crippen molar-refractivity contribution in [2.75, 3.05) is 11.9 Å². The molecular formula is C13H15N3O. The van der Waals surface area contributed by atoms with Crippen LogP contribution >= 0.6 is 0 Å². The van der Waals surface area contributed by atoms with Crippen molar-refractivity contribution in [3.05, 3.63) is 53.9 Å². The molecule has 4 nitrogen and oxygen atoms in total. The molecule has 0 spiro atoms. The van der Waals surface area contributed by atoms with E-state index in [2.05, 4.69) is 15.3 Å². The summed E-state index contributed by atoms with van der Waals surface area (Å²) in [6, 6.07) is 11.4. The molecule has 1 aromatic heterocycles. The molecule has 2 rings (SSSR count). The summed E-state index contributed by atoms with van der Waals surface area (Å²) < 4.78 is 0. The van der Waals surface area contributed by atoms with E-state index in [1.807, 2.05) is 43.3 Å². The highest BCUT2D eigenvalue weighted by atomic mass is 16.3. The van der Waals surface area contributed by atoms with Crippen LogP contribution in [0.2, 0.25) is 0 Å². The van der Waals surface area contributed by atoms with Crippen LogP contribution in [0.15, 0.2) is 42.6 Å². The molecule has 88 valence electrons. The van der Waals surface area contributed by atoms with Gasteiger partial charge in [0, 0.05) is 11.9 Å². The van der Waals surface area contributed by atoms with Gasteiger partial charge in [0.15, 0.2) is 0 Å². The van der Waals surface area contributed by atoms with Crippen molar-refractivity contribution in [2.24, 2.45) is 0 Å². The minimum absolute atomic E-state index is 0.00130. The van der Waals surface area contributed by atoms with Gasteiger partial charge in [-0.1, -0.05) is 30.3 Å². The zero-order valence-corrected chi connectivity index (χ0v) is 9.67. The van der Waals surface area contributed by atoms with E-state index in [0.29, 0.717) is 5.95 Å². The average Bonchev–Trinajstić information content (AvgIpc) is 2.37. The first-order valence-corrected chi connectivity index (χ1v) is 5.51. The fraction of sp³-hybridized carbons (Fsp3) is 0.231. The summed E-state index contributed by atoms with van der Waals surface area (Å²) in [6.45, 7) is 1.91. The third-order valence-electron chi connectivity index (χ3n) is 2.48. The van der Waals surface area contributed by atoms with Crippen LogP contribution < -0.4 is 5.32 Å². The Morgan fingerprint density at radius 3 is 2.65 bits per heavy atom. The molecule has 0 saturated carbocycles. The molecule has 1 atom stereocenters. The number of aromatic nitrogens is 2. The smallest absolute Gasteiger partial charge is 0.223 e. The fourth-order valence-electron chi connectivity index (χ4n) is 1.59. The van der Waals surface area contributed by atoms with Crippen molar-refractivity contribution >= 4 is 5.95 Å². The minimum atomic E-state index is -0.182. The molecule has 17 heavy (non-hydrogen) atoms. The predicted octanol–water partition coefficient (Wildman–Crippen LogP) is 1.93. The van der Waals surface area contributed by atoms with Crippen LogP contribution in [0.3, 0.4) is 0 Å². The summed E-state index contributed by atoms with van der Waals surface area (Å²) in [6.07, 6.45) is 1.70. The molecule has 1 aromatic carbocycles. The molecule has 1 heterocycles. The lowest BCUT2D eigenvalue weighted by molar-refractivity contribution is 0.276. The standard InChI is InChI=1S/C13H15N3O/c1-10-7-8-14-13(15-10)16-12(9-17)11-5-3-2-4-6-11/h2-8,12,17H,9H2,1H3,(H,14,15,16)/t12-/m0/s1. The first-order chi connectivity index (χ1) is 8.29. The lowest BCUT2D eigenvalue weighted by Gasteiger charge is -2.16. The van der Waals surface area contributed by atoms with Crippen LogP contribution in [0.4, 0.5) is 5.95 Å².